The minimum absolute atomic E-state index is 0.0157. The van der Waals surface area contributed by atoms with Crippen molar-refractivity contribution >= 4 is 23.5 Å². The minimum atomic E-state index is -1.09. The molecule has 7 nitrogen and oxygen atoms in total. The third-order valence-electron chi connectivity index (χ3n) is 3.35. The standard InChI is InChI=1S/C15H18ClNO6/c1-21-6-7-23-12-3-2-10(16)8-11(12)14(18)17-4-5-22-13(9-17)15(19)20/h2-3,8,13H,4-7,9H2,1H3,(H,19,20)/t13-/m1/s1. The maximum absolute atomic E-state index is 12.7. The molecule has 0 unspecified atom stereocenters. The van der Waals surface area contributed by atoms with Crippen molar-refractivity contribution in [3.63, 3.8) is 0 Å². The number of aliphatic carboxylic acids is 1. The molecule has 0 radical (unpaired) electrons. The second kappa shape index (κ2) is 8.14. The topological polar surface area (TPSA) is 85.3 Å². The molecule has 1 atom stereocenters. The zero-order valence-corrected chi connectivity index (χ0v) is 13.4. The molecule has 1 N–H and O–H groups in total. The van der Waals surface area contributed by atoms with E-state index in [1.165, 1.54) is 11.0 Å². The SMILES string of the molecule is COCCOc1ccc(Cl)cc1C(=O)N1CCO[C@@H](C(=O)O)C1. The van der Waals surface area contributed by atoms with Gasteiger partial charge in [0.1, 0.15) is 12.4 Å². The Morgan fingerprint density at radius 1 is 1.43 bits per heavy atom. The van der Waals surface area contributed by atoms with Gasteiger partial charge in [-0.05, 0) is 18.2 Å². The molecule has 0 bridgehead atoms. The number of methoxy groups -OCH3 is 1. The molecule has 23 heavy (non-hydrogen) atoms. The number of rotatable bonds is 6. The second-order valence-corrected chi connectivity index (χ2v) is 5.37. The molecule has 1 saturated heterocycles. The van der Waals surface area contributed by atoms with Crippen LogP contribution in [0.1, 0.15) is 10.4 Å². The number of morpholine rings is 1. The summed E-state index contributed by atoms with van der Waals surface area (Å²) < 4.78 is 15.6. The Labute approximate surface area is 138 Å². The molecular formula is C15H18ClNO6. The predicted octanol–water partition coefficient (Wildman–Crippen LogP) is 1.29. The molecular weight excluding hydrogens is 326 g/mol. The van der Waals surface area contributed by atoms with E-state index in [0.717, 1.165) is 0 Å². The zero-order chi connectivity index (χ0) is 16.8. The number of carboxylic acid groups (broad SMARTS) is 1. The van der Waals surface area contributed by atoms with Crippen LogP contribution in [0.3, 0.4) is 0 Å². The number of hydrogen-bond donors (Lipinski definition) is 1. The van der Waals surface area contributed by atoms with E-state index in [9.17, 15) is 9.59 Å². The third kappa shape index (κ3) is 4.57. The molecule has 1 heterocycles. The van der Waals surface area contributed by atoms with Crippen LogP contribution in [0, 0.1) is 0 Å². The van der Waals surface area contributed by atoms with Gasteiger partial charge in [-0.1, -0.05) is 11.6 Å². The lowest BCUT2D eigenvalue weighted by Gasteiger charge is -2.31. The van der Waals surface area contributed by atoms with Crippen LogP contribution in [-0.4, -0.2) is 68.0 Å². The van der Waals surface area contributed by atoms with Crippen LogP contribution in [-0.2, 0) is 14.3 Å². The average molecular weight is 344 g/mol. The fraction of sp³-hybridized carbons (Fsp3) is 0.467. The molecule has 1 aliphatic rings. The van der Waals surface area contributed by atoms with Crippen LogP contribution < -0.4 is 4.74 Å². The molecule has 1 amide bonds. The van der Waals surface area contributed by atoms with Gasteiger partial charge in [0.15, 0.2) is 6.10 Å². The zero-order valence-electron chi connectivity index (χ0n) is 12.7. The Balaban J connectivity index is 2.16. The van der Waals surface area contributed by atoms with E-state index in [4.69, 9.17) is 30.9 Å². The Morgan fingerprint density at radius 3 is 2.91 bits per heavy atom. The number of halogens is 1. The van der Waals surface area contributed by atoms with Crippen molar-refractivity contribution < 1.29 is 28.9 Å². The van der Waals surface area contributed by atoms with Gasteiger partial charge in [0.2, 0.25) is 0 Å². The first-order valence-electron chi connectivity index (χ1n) is 7.08. The average Bonchev–Trinajstić information content (AvgIpc) is 2.55. The van der Waals surface area contributed by atoms with Crippen molar-refractivity contribution in [2.24, 2.45) is 0 Å². The molecule has 1 aromatic rings. The highest BCUT2D eigenvalue weighted by molar-refractivity contribution is 6.31. The molecule has 126 valence electrons. The van der Waals surface area contributed by atoms with Gasteiger partial charge in [-0.3, -0.25) is 4.79 Å². The third-order valence-corrected chi connectivity index (χ3v) is 3.58. The van der Waals surface area contributed by atoms with Gasteiger partial charge in [-0.2, -0.15) is 0 Å². The normalized spacial score (nSPS) is 17.8. The minimum Gasteiger partial charge on any atom is -0.490 e. The van der Waals surface area contributed by atoms with E-state index in [1.54, 1.807) is 19.2 Å². The Bertz CT molecular complexity index is 579. The van der Waals surface area contributed by atoms with Crippen molar-refractivity contribution in [2.75, 3.05) is 40.0 Å². The van der Waals surface area contributed by atoms with Crippen molar-refractivity contribution in [1.29, 1.82) is 0 Å². The lowest BCUT2D eigenvalue weighted by Crippen LogP contribution is -2.48. The van der Waals surface area contributed by atoms with Gasteiger partial charge >= 0.3 is 5.97 Å². The molecule has 0 aromatic heterocycles. The number of carboxylic acids is 1. The fourth-order valence-corrected chi connectivity index (χ4v) is 2.36. The molecule has 0 saturated carbocycles. The van der Waals surface area contributed by atoms with Gasteiger partial charge in [0.25, 0.3) is 5.91 Å². The van der Waals surface area contributed by atoms with Gasteiger partial charge in [-0.25, -0.2) is 4.79 Å². The first-order valence-corrected chi connectivity index (χ1v) is 7.45. The van der Waals surface area contributed by atoms with Crippen molar-refractivity contribution in [3.8, 4) is 5.75 Å². The number of benzene rings is 1. The Hall–Kier alpha value is -1.83. The number of amides is 1. The summed E-state index contributed by atoms with van der Waals surface area (Å²) >= 11 is 5.97. The van der Waals surface area contributed by atoms with Crippen molar-refractivity contribution in [2.45, 2.75) is 6.10 Å². The maximum atomic E-state index is 12.7. The van der Waals surface area contributed by atoms with E-state index in [1.807, 2.05) is 0 Å². The molecule has 1 fully saturated rings. The molecule has 1 aromatic carbocycles. The lowest BCUT2D eigenvalue weighted by molar-refractivity contribution is -0.154. The summed E-state index contributed by atoms with van der Waals surface area (Å²) in [5, 5.41) is 9.43. The summed E-state index contributed by atoms with van der Waals surface area (Å²) in [6.07, 6.45) is -1.02. The van der Waals surface area contributed by atoms with E-state index in [2.05, 4.69) is 0 Å². The predicted molar refractivity (Wildman–Crippen MR) is 82.1 cm³/mol. The van der Waals surface area contributed by atoms with Crippen LogP contribution in [0.4, 0.5) is 0 Å². The molecule has 8 heteroatoms. The van der Waals surface area contributed by atoms with Crippen LogP contribution in [0.15, 0.2) is 18.2 Å². The summed E-state index contributed by atoms with van der Waals surface area (Å²) in [6.45, 7) is 1.14. The highest BCUT2D eigenvalue weighted by Crippen LogP contribution is 2.25. The number of ether oxygens (including phenoxy) is 3. The quantitative estimate of drug-likeness (QED) is 0.783. The summed E-state index contributed by atoms with van der Waals surface area (Å²) in [4.78, 5) is 25.1. The van der Waals surface area contributed by atoms with Crippen molar-refractivity contribution in [1.82, 2.24) is 4.90 Å². The number of nitrogens with zero attached hydrogens (tertiary/aromatic N) is 1. The first-order chi connectivity index (χ1) is 11.0. The molecule has 0 aliphatic carbocycles. The number of hydrogen-bond acceptors (Lipinski definition) is 5. The highest BCUT2D eigenvalue weighted by atomic mass is 35.5. The molecule has 2 rings (SSSR count). The smallest absolute Gasteiger partial charge is 0.334 e. The summed E-state index contributed by atoms with van der Waals surface area (Å²) in [5.41, 5.74) is 0.291. The Kier molecular flexibility index (Phi) is 6.20. The van der Waals surface area contributed by atoms with E-state index >= 15 is 0 Å². The van der Waals surface area contributed by atoms with Crippen LogP contribution >= 0.6 is 11.6 Å². The fourth-order valence-electron chi connectivity index (χ4n) is 2.18. The summed E-state index contributed by atoms with van der Waals surface area (Å²) in [7, 11) is 1.55. The van der Waals surface area contributed by atoms with Gasteiger partial charge in [-0.15, -0.1) is 0 Å². The van der Waals surface area contributed by atoms with E-state index < -0.39 is 12.1 Å². The highest BCUT2D eigenvalue weighted by Gasteiger charge is 2.30. The second-order valence-electron chi connectivity index (χ2n) is 4.93. The van der Waals surface area contributed by atoms with Crippen LogP contribution in [0.5, 0.6) is 5.75 Å². The maximum Gasteiger partial charge on any atom is 0.334 e. The van der Waals surface area contributed by atoms with Crippen molar-refractivity contribution in [3.05, 3.63) is 28.8 Å². The van der Waals surface area contributed by atoms with Crippen LogP contribution in [0.25, 0.3) is 0 Å². The Morgan fingerprint density at radius 2 is 2.22 bits per heavy atom. The number of carbonyl (C=O) groups is 2. The summed E-state index contributed by atoms with van der Waals surface area (Å²) in [5.74, 6) is -1.05. The van der Waals surface area contributed by atoms with E-state index in [-0.39, 0.29) is 19.1 Å². The lowest BCUT2D eigenvalue weighted by atomic mass is 10.1. The first kappa shape index (κ1) is 17.5. The monoisotopic (exact) mass is 343 g/mol. The van der Waals surface area contributed by atoms with Gasteiger partial charge in [0.05, 0.1) is 25.3 Å². The van der Waals surface area contributed by atoms with Gasteiger partial charge in [0, 0.05) is 18.7 Å². The van der Waals surface area contributed by atoms with Gasteiger partial charge < -0.3 is 24.2 Å². The summed E-state index contributed by atoms with van der Waals surface area (Å²) in [6, 6.07) is 4.75. The number of carbonyl (C=O) groups excluding carboxylic acids is 1. The molecule has 0 spiro atoms. The van der Waals surface area contributed by atoms with Crippen LogP contribution in [0.2, 0.25) is 5.02 Å². The largest absolute Gasteiger partial charge is 0.490 e. The van der Waals surface area contributed by atoms with E-state index in [0.29, 0.717) is 36.1 Å². The molecule has 1 aliphatic heterocycles.